The lowest BCUT2D eigenvalue weighted by atomic mass is 9.94. The number of hydrogen-bond acceptors (Lipinski definition) is 4. The Morgan fingerprint density at radius 2 is 1.79 bits per heavy atom. The summed E-state index contributed by atoms with van der Waals surface area (Å²) in [5.74, 6) is -0.161. The van der Waals surface area contributed by atoms with Gasteiger partial charge in [0.15, 0.2) is 5.78 Å². The van der Waals surface area contributed by atoms with Crippen molar-refractivity contribution in [1.82, 2.24) is 4.90 Å². The average molecular weight is 401 g/mol. The van der Waals surface area contributed by atoms with Crippen LogP contribution in [0.4, 0.5) is 5.69 Å². The fourth-order valence-corrected chi connectivity index (χ4v) is 4.91. The topological polar surface area (TPSA) is 66.5 Å². The highest BCUT2D eigenvalue weighted by Gasteiger charge is 2.21. The van der Waals surface area contributed by atoms with Gasteiger partial charge in [0.2, 0.25) is 0 Å². The van der Waals surface area contributed by atoms with Crippen LogP contribution in [0.1, 0.15) is 54.9 Å². The van der Waals surface area contributed by atoms with Crippen molar-refractivity contribution in [2.24, 2.45) is 0 Å². The van der Waals surface area contributed by atoms with Gasteiger partial charge in [-0.05, 0) is 50.6 Å². The first-order valence-corrected chi connectivity index (χ1v) is 11.3. The molecule has 1 saturated carbocycles. The van der Waals surface area contributed by atoms with Crippen molar-refractivity contribution in [3.8, 4) is 0 Å². The number of rotatable bonds is 7. The van der Waals surface area contributed by atoms with Gasteiger partial charge in [0, 0.05) is 18.2 Å². The monoisotopic (exact) mass is 400 g/mol. The Hall–Kier alpha value is -2.18. The predicted octanol–water partition coefficient (Wildman–Crippen LogP) is 4.45. The van der Waals surface area contributed by atoms with Crippen LogP contribution in [0.5, 0.6) is 0 Å². The molecular formula is C22H28N2O3S. The molecule has 1 fully saturated rings. The molecule has 5 nitrogen and oxygen atoms in total. The molecule has 0 radical (unpaired) electrons. The van der Waals surface area contributed by atoms with E-state index in [1.165, 1.54) is 51.2 Å². The van der Waals surface area contributed by atoms with Gasteiger partial charge in [-0.15, -0.1) is 0 Å². The largest absolute Gasteiger partial charge is 0.299 e. The number of ketones is 1. The number of Topliss-reactive ketones (excluding diaryl/α,β-unsaturated/α-hetero) is 1. The second-order valence-electron chi connectivity index (χ2n) is 7.55. The van der Waals surface area contributed by atoms with Crippen molar-refractivity contribution in [3.63, 3.8) is 0 Å². The Bertz CT molecular complexity index is 934. The molecule has 3 rings (SSSR count). The minimum atomic E-state index is -3.77. The summed E-state index contributed by atoms with van der Waals surface area (Å²) < 4.78 is 28.5. The molecule has 0 unspecified atom stereocenters. The number of para-hydroxylation sites is 1. The Labute approximate surface area is 167 Å². The summed E-state index contributed by atoms with van der Waals surface area (Å²) >= 11 is 0. The van der Waals surface area contributed by atoms with Gasteiger partial charge in [-0.1, -0.05) is 49.6 Å². The highest BCUT2D eigenvalue weighted by molar-refractivity contribution is 7.92. The van der Waals surface area contributed by atoms with E-state index in [-0.39, 0.29) is 10.7 Å². The molecule has 0 aliphatic heterocycles. The second kappa shape index (κ2) is 8.88. The quantitative estimate of drug-likeness (QED) is 0.697. The lowest BCUT2D eigenvalue weighted by Crippen LogP contribution is -2.33. The summed E-state index contributed by atoms with van der Waals surface area (Å²) in [6.07, 6.45) is 6.22. The number of sulfonamides is 1. The molecule has 0 bridgehead atoms. The SMILES string of the molecule is CC(=O)c1cccc(S(=O)(=O)Nc2ccccc2CN(C)C2CCCCC2)c1. The Kier molecular flexibility index (Phi) is 6.52. The molecule has 2 aromatic carbocycles. The van der Waals surface area contributed by atoms with Crippen LogP contribution in [0.3, 0.4) is 0 Å². The lowest BCUT2D eigenvalue weighted by Gasteiger charge is -2.31. The van der Waals surface area contributed by atoms with E-state index in [2.05, 4.69) is 16.7 Å². The summed E-state index contributed by atoms with van der Waals surface area (Å²) in [6, 6.07) is 14.2. The van der Waals surface area contributed by atoms with Crippen LogP contribution in [-0.2, 0) is 16.6 Å². The lowest BCUT2D eigenvalue weighted by molar-refractivity contribution is 0.101. The van der Waals surface area contributed by atoms with Gasteiger partial charge < -0.3 is 0 Å². The van der Waals surface area contributed by atoms with E-state index < -0.39 is 10.0 Å². The molecule has 0 saturated heterocycles. The molecule has 28 heavy (non-hydrogen) atoms. The van der Waals surface area contributed by atoms with Crippen LogP contribution < -0.4 is 4.72 Å². The summed E-state index contributed by atoms with van der Waals surface area (Å²) in [4.78, 5) is 14.0. The number of benzene rings is 2. The van der Waals surface area contributed by atoms with E-state index in [0.29, 0.717) is 23.8 Å². The average Bonchev–Trinajstić information content (AvgIpc) is 2.70. The van der Waals surface area contributed by atoms with Gasteiger partial charge in [0.1, 0.15) is 0 Å². The zero-order valence-electron chi connectivity index (χ0n) is 16.5. The third kappa shape index (κ3) is 5.00. The smallest absolute Gasteiger partial charge is 0.261 e. The van der Waals surface area contributed by atoms with Gasteiger partial charge in [-0.3, -0.25) is 14.4 Å². The van der Waals surface area contributed by atoms with E-state index in [1.807, 2.05) is 18.2 Å². The summed E-state index contributed by atoms with van der Waals surface area (Å²) in [7, 11) is -1.66. The number of carbonyl (C=O) groups excluding carboxylic acids is 1. The van der Waals surface area contributed by atoms with Gasteiger partial charge in [0.25, 0.3) is 10.0 Å². The first-order valence-electron chi connectivity index (χ1n) is 9.79. The highest BCUT2D eigenvalue weighted by atomic mass is 32.2. The molecule has 1 N–H and O–H groups in total. The fraction of sp³-hybridized carbons (Fsp3) is 0.409. The number of carbonyl (C=O) groups is 1. The summed E-state index contributed by atoms with van der Waals surface area (Å²) in [5, 5.41) is 0. The maximum Gasteiger partial charge on any atom is 0.261 e. The Morgan fingerprint density at radius 3 is 2.50 bits per heavy atom. The van der Waals surface area contributed by atoms with Crippen molar-refractivity contribution in [1.29, 1.82) is 0 Å². The third-order valence-electron chi connectivity index (χ3n) is 5.43. The maximum absolute atomic E-state index is 12.9. The van der Waals surface area contributed by atoms with Gasteiger partial charge in [-0.25, -0.2) is 8.42 Å². The number of hydrogen-bond donors (Lipinski definition) is 1. The van der Waals surface area contributed by atoms with E-state index in [1.54, 1.807) is 18.2 Å². The predicted molar refractivity (Wildman–Crippen MR) is 112 cm³/mol. The van der Waals surface area contributed by atoms with E-state index in [9.17, 15) is 13.2 Å². The van der Waals surface area contributed by atoms with Gasteiger partial charge in [0.05, 0.1) is 10.6 Å². The standard InChI is InChI=1S/C22H28N2O3S/c1-17(25)18-10-8-13-21(15-18)28(26,27)23-22-14-7-6-9-19(22)16-24(2)20-11-4-3-5-12-20/h6-10,13-15,20,23H,3-5,11-12,16H2,1-2H3. The summed E-state index contributed by atoms with van der Waals surface area (Å²) in [6.45, 7) is 2.12. The van der Waals surface area contributed by atoms with Crippen molar-refractivity contribution in [3.05, 3.63) is 59.7 Å². The molecule has 1 aliphatic carbocycles. The molecule has 2 aromatic rings. The molecule has 1 aliphatic rings. The normalized spacial score (nSPS) is 15.5. The Balaban J connectivity index is 1.80. The highest BCUT2D eigenvalue weighted by Crippen LogP contribution is 2.26. The summed E-state index contributed by atoms with van der Waals surface area (Å²) in [5.41, 5.74) is 1.91. The second-order valence-corrected chi connectivity index (χ2v) is 9.24. The van der Waals surface area contributed by atoms with Crippen LogP contribution in [0.2, 0.25) is 0 Å². The van der Waals surface area contributed by atoms with Crippen molar-refractivity contribution >= 4 is 21.5 Å². The van der Waals surface area contributed by atoms with Gasteiger partial charge in [-0.2, -0.15) is 0 Å². The fourth-order valence-electron chi connectivity index (χ4n) is 3.76. The van der Waals surface area contributed by atoms with Crippen molar-refractivity contribution in [2.45, 2.75) is 56.5 Å². The number of nitrogens with one attached hydrogen (secondary N) is 1. The zero-order chi connectivity index (χ0) is 20.1. The van der Waals surface area contributed by atoms with Crippen LogP contribution >= 0.6 is 0 Å². The zero-order valence-corrected chi connectivity index (χ0v) is 17.3. The van der Waals surface area contributed by atoms with Crippen LogP contribution in [0.25, 0.3) is 0 Å². The molecular weight excluding hydrogens is 372 g/mol. The third-order valence-corrected chi connectivity index (χ3v) is 6.79. The van der Waals surface area contributed by atoms with Gasteiger partial charge >= 0.3 is 0 Å². The van der Waals surface area contributed by atoms with Crippen LogP contribution in [0.15, 0.2) is 53.4 Å². The van der Waals surface area contributed by atoms with E-state index >= 15 is 0 Å². The molecule has 0 aromatic heterocycles. The molecule has 0 atom stereocenters. The molecule has 6 heteroatoms. The first-order chi connectivity index (χ1) is 13.4. The minimum absolute atomic E-state index is 0.0932. The van der Waals surface area contributed by atoms with Crippen molar-refractivity contribution < 1.29 is 13.2 Å². The molecule has 0 heterocycles. The maximum atomic E-state index is 12.9. The molecule has 0 amide bonds. The Morgan fingerprint density at radius 1 is 1.07 bits per heavy atom. The minimum Gasteiger partial charge on any atom is -0.299 e. The first kappa shape index (κ1) is 20.6. The van der Waals surface area contributed by atoms with Crippen molar-refractivity contribution in [2.75, 3.05) is 11.8 Å². The number of anilines is 1. The van der Waals surface area contributed by atoms with E-state index in [0.717, 1.165) is 5.56 Å². The molecule has 0 spiro atoms. The van der Waals surface area contributed by atoms with Crippen LogP contribution in [-0.4, -0.2) is 32.2 Å². The number of nitrogens with zero attached hydrogens (tertiary/aromatic N) is 1. The van der Waals surface area contributed by atoms with Crippen LogP contribution in [0, 0.1) is 0 Å². The molecule has 150 valence electrons. The van der Waals surface area contributed by atoms with E-state index in [4.69, 9.17) is 0 Å².